The molecule has 0 aliphatic carbocycles. The van der Waals surface area contributed by atoms with Crippen molar-refractivity contribution in [1.82, 2.24) is 0 Å². The molecule has 0 radical (unpaired) electrons. The average molecular weight is 443 g/mol. The van der Waals surface area contributed by atoms with Crippen LogP contribution in [0.2, 0.25) is 0 Å². The SMILES string of the molecule is CCCCCCCCCC/C=C/[CH-][P+](c1ccccc1)(c1ccccc1)c1ccccc1. The van der Waals surface area contributed by atoms with Crippen molar-refractivity contribution < 1.29 is 0 Å². The zero-order valence-corrected chi connectivity index (χ0v) is 20.6. The second-order valence-electron chi connectivity index (χ2n) is 8.57. The molecule has 3 aromatic rings. The lowest BCUT2D eigenvalue weighted by Crippen LogP contribution is -2.30. The van der Waals surface area contributed by atoms with Crippen LogP contribution in [0.15, 0.2) is 103 Å². The van der Waals surface area contributed by atoms with E-state index in [1.54, 1.807) is 0 Å². The van der Waals surface area contributed by atoms with Gasteiger partial charge in [0.2, 0.25) is 0 Å². The Hall–Kier alpha value is -2.30. The highest BCUT2D eigenvalue weighted by Gasteiger charge is 2.39. The van der Waals surface area contributed by atoms with Gasteiger partial charge in [0, 0.05) is 0 Å². The van der Waals surface area contributed by atoms with Gasteiger partial charge in [-0.15, -0.1) is 6.42 Å². The van der Waals surface area contributed by atoms with Crippen molar-refractivity contribution in [2.75, 3.05) is 0 Å². The van der Waals surface area contributed by atoms with Crippen molar-refractivity contribution >= 4 is 23.2 Å². The Morgan fingerprint density at radius 1 is 0.562 bits per heavy atom. The standard InChI is InChI=1S/C31H39P/c1-2-3-4-5-6-7-8-9-10-11-21-28-32(29-22-15-12-16-23-29,30-24-17-13-18-25-30)31-26-19-14-20-27-31/h11-28H,2-10H2,1H3/b21-11+. The van der Waals surface area contributed by atoms with Gasteiger partial charge in [-0.1, -0.05) is 119 Å². The number of hydrogen-bond donors (Lipinski definition) is 0. The maximum absolute atomic E-state index is 2.51. The second kappa shape index (κ2) is 14.0. The maximum atomic E-state index is 2.51. The molecule has 0 aliphatic rings. The van der Waals surface area contributed by atoms with E-state index in [4.69, 9.17) is 0 Å². The van der Waals surface area contributed by atoms with Crippen LogP contribution in [-0.2, 0) is 0 Å². The van der Waals surface area contributed by atoms with E-state index in [0.29, 0.717) is 0 Å². The molecule has 0 bridgehead atoms. The molecule has 3 aromatic carbocycles. The highest BCUT2D eigenvalue weighted by Crippen LogP contribution is 2.58. The van der Waals surface area contributed by atoms with Gasteiger partial charge in [0.05, 0.1) is 23.2 Å². The lowest BCUT2D eigenvalue weighted by Gasteiger charge is -2.30. The maximum Gasteiger partial charge on any atom is 0.0927 e. The Balaban J connectivity index is 1.71. The largest absolute Gasteiger partial charge is 0.227 e. The first-order valence-corrected chi connectivity index (χ1v) is 14.3. The van der Waals surface area contributed by atoms with E-state index in [2.05, 4.69) is 116 Å². The van der Waals surface area contributed by atoms with E-state index in [-0.39, 0.29) is 0 Å². The third-order valence-corrected chi connectivity index (χ3v) is 10.1. The Kier molecular flexibility index (Phi) is 10.6. The van der Waals surface area contributed by atoms with Gasteiger partial charge in [-0.05, 0) is 36.4 Å². The first kappa shape index (κ1) is 24.3. The van der Waals surface area contributed by atoms with E-state index in [1.165, 1.54) is 73.7 Å². The number of unbranched alkanes of at least 4 members (excludes halogenated alkanes) is 8. The van der Waals surface area contributed by atoms with E-state index >= 15 is 0 Å². The summed E-state index contributed by atoms with van der Waals surface area (Å²) < 4.78 is 0. The molecule has 0 amide bonds. The molecular weight excluding hydrogens is 403 g/mol. The van der Waals surface area contributed by atoms with Crippen LogP contribution < -0.4 is 15.9 Å². The van der Waals surface area contributed by atoms with Crippen molar-refractivity contribution in [3.8, 4) is 0 Å². The molecule has 0 unspecified atom stereocenters. The Morgan fingerprint density at radius 3 is 1.41 bits per heavy atom. The molecule has 0 saturated carbocycles. The number of allylic oxidation sites excluding steroid dienone is 2. The van der Waals surface area contributed by atoms with E-state index in [9.17, 15) is 0 Å². The topological polar surface area (TPSA) is 0 Å². The number of hydrogen-bond acceptors (Lipinski definition) is 0. The first-order chi connectivity index (χ1) is 15.9. The van der Waals surface area contributed by atoms with Crippen LogP contribution in [0.1, 0.15) is 64.7 Å². The first-order valence-electron chi connectivity index (χ1n) is 12.4. The van der Waals surface area contributed by atoms with Gasteiger partial charge >= 0.3 is 0 Å². The van der Waals surface area contributed by atoms with Crippen molar-refractivity contribution in [1.29, 1.82) is 0 Å². The van der Waals surface area contributed by atoms with E-state index in [0.717, 1.165) is 0 Å². The third kappa shape index (κ3) is 6.85. The molecular formula is C31H39P. The normalized spacial score (nSPS) is 11.7. The molecule has 1 heteroatoms. The van der Waals surface area contributed by atoms with Gasteiger partial charge in [-0.2, -0.15) is 6.08 Å². The van der Waals surface area contributed by atoms with Gasteiger partial charge in [0.25, 0.3) is 0 Å². The Morgan fingerprint density at radius 2 is 0.969 bits per heavy atom. The molecule has 0 atom stereocenters. The summed E-state index contributed by atoms with van der Waals surface area (Å²) in [5.74, 6) is 0. The molecule has 32 heavy (non-hydrogen) atoms. The van der Waals surface area contributed by atoms with Crippen molar-refractivity contribution in [2.45, 2.75) is 64.7 Å². The van der Waals surface area contributed by atoms with Crippen LogP contribution in [0.25, 0.3) is 0 Å². The Bertz CT molecular complexity index is 787. The smallest absolute Gasteiger partial charge is 0.0927 e. The molecule has 168 valence electrons. The molecule has 0 nitrogen and oxygen atoms in total. The van der Waals surface area contributed by atoms with Crippen LogP contribution in [0, 0.1) is 6.16 Å². The van der Waals surface area contributed by atoms with Crippen LogP contribution in [0.5, 0.6) is 0 Å². The minimum Gasteiger partial charge on any atom is -0.227 e. The lowest BCUT2D eigenvalue weighted by atomic mass is 10.1. The molecule has 3 rings (SSSR count). The van der Waals surface area contributed by atoms with E-state index < -0.39 is 7.26 Å². The fourth-order valence-corrected chi connectivity index (χ4v) is 8.10. The molecule has 0 spiro atoms. The zero-order valence-electron chi connectivity index (χ0n) is 19.7. The van der Waals surface area contributed by atoms with Crippen LogP contribution in [0.4, 0.5) is 0 Å². The molecule has 0 fully saturated rings. The summed E-state index contributed by atoms with van der Waals surface area (Å²) in [6, 6.07) is 33.2. The van der Waals surface area contributed by atoms with Gasteiger partial charge in [-0.3, -0.25) is 0 Å². The molecule has 0 N–H and O–H groups in total. The van der Waals surface area contributed by atoms with Gasteiger partial charge in [-0.25, -0.2) is 6.08 Å². The predicted molar refractivity (Wildman–Crippen MR) is 146 cm³/mol. The highest BCUT2D eigenvalue weighted by molar-refractivity contribution is 7.97. The van der Waals surface area contributed by atoms with Crippen molar-refractivity contribution in [3.63, 3.8) is 0 Å². The minimum atomic E-state index is -1.84. The Labute approximate surface area is 197 Å². The summed E-state index contributed by atoms with van der Waals surface area (Å²) in [4.78, 5) is 0. The average Bonchev–Trinajstić information content (AvgIpc) is 2.87. The van der Waals surface area contributed by atoms with Crippen LogP contribution in [0.3, 0.4) is 0 Å². The molecule has 0 aliphatic heterocycles. The summed E-state index contributed by atoms with van der Waals surface area (Å²) in [5.41, 5.74) is 0. The predicted octanol–water partition coefficient (Wildman–Crippen LogP) is 8.23. The monoisotopic (exact) mass is 442 g/mol. The summed E-state index contributed by atoms with van der Waals surface area (Å²) in [5, 5.41) is 4.23. The van der Waals surface area contributed by atoms with Gasteiger partial charge < -0.3 is 0 Å². The zero-order chi connectivity index (χ0) is 22.3. The summed E-state index contributed by atoms with van der Waals surface area (Å²) >= 11 is 0. The summed E-state index contributed by atoms with van der Waals surface area (Å²) in [6.45, 7) is 2.29. The molecule has 0 aromatic heterocycles. The van der Waals surface area contributed by atoms with Crippen LogP contribution >= 0.6 is 7.26 Å². The molecule has 0 saturated heterocycles. The lowest BCUT2D eigenvalue weighted by molar-refractivity contribution is 0.577. The van der Waals surface area contributed by atoms with Gasteiger partial charge in [0.15, 0.2) is 0 Å². The second-order valence-corrected chi connectivity index (χ2v) is 11.9. The summed E-state index contributed by atoms with van der Waals surface area (Å²) in [6.07, 6.45) is 19.4. The van der Waals surface area contributed by atoms with E-state index in [1.807, 2.05) is 0 Å². The van der Waals surface area contributed by atoms with Crippen LogP contribution in [-0.4, -0.2) is 0 Å². The van der Waals surface area contributed by atoms with Crippen molar-refractivity contribution in [2.24, 2.45) is 0 Å². The number of benzene rings is 3. The minimum absolute atomic E-state index is 1.17. The third-order valence-electron chi connectivity index (χ3n) is 6.16. The van der Waals surface area contributed by atoms with Gasteiger partial charge in [0.1, 0.15) is 0 Å². The number of rotatable bonds is 14. The summed E-state index contributed by atoms with van der Waals surface area (Å²) in [7, 11) is -1.84. The quantitative estimate of drug-likeness (QED) is 0.134. The fourth-order valence-electron chi connectivity index (χ4n) is 4.38. The fraction of sp³-hybridized carbons (Fsp3) is 0.323. The molecule has 0 heterocycles. The van der Waals surface area contributed by atoms with Crippen molar-refractivity contribution in [3.05, 3.63) is 109 Å². The highest BCUT2D eigenvalue weighted by atomic mass is 31.2.